The monoisotopic (exact) mass is 263 g/mol. The Morgan fingerprint density at radius 2 is 2.21 bits per heavy atom. The van der Waals surface area contributed by atoms with E-state index in [2.05, 4.69) is 5.32 Å². The number of nitro benzene ring substituents is 1. The van der Waals surface area contributed by atoms with E-state index in [1.807, 2.05) is 6.92 Å². The van der Waals surface area contributed by atoms with Gasteiger partial charge in [0.25, 0.3) is 5.91 Å². The minimum absolute atomic E-state index is 0.0109. The maximum atomic E-state index is 12.2. The van der Waals surface area contributed by atoms with Crippen LogP contribution in [0.15, 0.2) is 18.2 Å². The highest BCUT2D eigenvalue weighted by Crippen LogP contribution is 2.35. The van der Waals surface area contributed by atoms with E-state index >= 15 is 0 Å². The average molecular weight is 263 g/mol. The Balaban J connectivity index is 2.29. The second kappa shape index (κ2) is 4.87. The average Bonchev–Trinajstić information content (AvgIpc) is 2.32. The Labute approximate surface area is 111 Å². The molecule has 1 amide bonds. The number of hydrogen-bond donors (Lipinski definition) is 2. The zero-order chi connectivity index (χ0) is 14.0. The first-order valence-corrected chi connectivity index (χ1v) is 6.34. The van der Waals surface area contributed by atoms with Crippen molar-refractivity contribution in [1.82, 2.24) is 5.32 Å². The number of nitrogens with zero attached hydrogens (tertiary/aromatic N) is 1. The van der Waals surface area contributed by atoms with Crippen molar-refractivity contribution in [2.45, 2.75) is 38.1 Å². The molecule has 0 saturated heterocycles. The van der Waals surface area contributed by atoms with Crippen LogP contribution in [0.25, 0.3) is 0 Å². The quantitative estimate of drug-likeness (QED) is 0.494. The summed E-state index contributed by atoms with van der Waals surface area (Å²) in [6, 6.07) is 4.41. The van der Waals surface area contributed by atoms with Gasteiger partial charge >= 0.3 is 5.69 Å². The number of anilines is 1. The molecule has 0 radical (unpaired) electrons. The molecule has 0 aromatic heterocycles. The Morgan fingerprint density at radius 1 is 1.53 bits per heavy atom. The molecule has 0 atom stereocenters. The van der Waals surface area contributed by atoms with Crippen LogP contribution in [0.4, 0.5) is 11.4 Å². The molecular weight excluding hydrogens is 246 g/mol. The lowest BCUT2D eigenvalue weighted by molar-refractivity contribution is -0.384. The smallest absolute Gasteiger partial charge is 0.304 e. The van der Waals surface area contributed by atoms with Crippen molar-refractivity contribution in [3.63, 3.8) is 0 Å². The molecule has 1 saturated carbocycles. The summed E-state index contributed by atoms with van der Waals surface area (Å²) in [5.74, 6) is -0.416. The fourth-order valence-electron chi connectivity index (χ4n) is 2.43. The summed E-state index contributed by atoms with van der Waals surface area (Å²) in [5, 5.41) is 13.9. The number of para-hydroxylation sites is 1. The van der Waals surface area contributed by atoms with Crippen molar-refractivity contribution in [2.24, 2.45) is 0 Å². The third-order valence-electron chi connectivity index (χ3n) is 3.86. The van der Waals surface area contributed by atoms with Gasteiger partial charge in [-0.1, -0.05) is 13.0 Å². The summed E-state index contributed by atoms with van der Waals surface area (Å²) in [6.45, 7) is 2.01. The van der Waals surface area contributed by atoms with Crippen molar-refractivity contribution in [1.29, 1.82) is 0 Å². The van der Waals surface area contributed by atoms with Crippen molar-refractivity contribution >= 4 is 17.3 Å². The molecule has 0 spiro atoms. The van der Waals surface area contributed by atoms with Gasteiger partial charge in [0.2, 0.25) is 0 Å². The number of benzene rings is 1. The topological polar surface area (TPSA) is 98.3 Å². The Bertz CT molecular complexity index is 518. The molecule has 1 aromatic rings. The highest BCUT2D eigenvalue weighted by atomic mass is 16.6. The van der Waals surface area contributed by atoms with Crippen LogP contribution in [0.3, 0.4) is 0 Å². The van der Waals surface area contributed by atoms with E-state index in [0.717, 1.165) is 25.7 Å². The molecule has 0 unspecified atom stereocenters. The van der Waals surface area contributed by atoms with Crippen LogP contribution in [0, 0.1) is 10.1 Å². The highest BCUT2D eigenvalue weighted by Gasteiger charge is 2.37. The molecule has 6 nitrogen and oxygen atoms in total. The molecule has 3 N–H and O–H groups in total. The van der Waals surface area contributed by atoms with Gasteiger partial charge in [0.1, 0.15) is 11.3 Å². The SMILES string of the molecule is CCC1(NC(=O)c2cccc(N)c2[N+](=O)[O-])CCC1. The number of hydrogen-bond acceptors (Lipinski definition) is 4. The standard InChI is InChI=1S/C13H17N3O3/c1-2-13(7-4-8-13)15-12(17)9-5-3-6-10(14)11(9)16(18)19/h3,5-6H,2,4,7-8,14H2,1H3,(H,15,17). The summed E-state index contributed by atoms with van der Waals surface area (Å²) in [4.78, 5) is 22.6. The number of nitrogens with two attached hydrogens (primary N) is 1. The van der Waals surface area contributed by atoms with E-state index in [1.165, 1.54) is 12.1 Å². The summed E-state index contributed by atoms with van der Waals surface area (Å²) in [5.41, 5.74) is 5.11. The zero-order valence-corrected chi connectivity index (χ0v) is 10.8. The third kappa shape index (κ3) is 2.38. The zero-order valence-electron chi connectivity index (χ0n) is 10.8. The van der Waals surface area contributed by atoms with Gasteiger partial charge in [-0.2, -0.15) is 0 Å². The van der Waals surface area contributed by atoms with E-state index in [1.54, 1.807) is 6.07 Å². The number of amides is 1. The van der Waals surface area contributed by atoms with Crippen LogP contribution in [0.1, 0.15) is 43.0 Å². The Morgan fingerprint density at radius 3 is 2.68 bits per heavy atom. The van der Waals surface area contributed by atoms with Gasteiger partial charge in [0.15, 0.2) is 0 Å². The van der Waals surface area contributed by atoms with Crippen LogP contribution in [-0.2, 0) is 0 Å². The van der Waals surface area contributed by atoms with Crippen molar-refractivity contribution < 1.29 is 9.72 Å². The Hall–Kier alpha value is -2.11. The molecule has 102 valence electrons. The molecule has 0 bridgehead atoms. The van der Waals surface area contributed by atoms with Gasteiger partial charge in [-0.3, -0.25) is 14.9 Å². The van der Waals surface area contributed by atoms with E-state index in [9.17, 15) is 14.9 Å². The lowest BCUT2D eigenvalue weighted by Gasteiger charge is -2.41. The molecule has 6 heteroatoms. The van der Waals surface area contributed by atoms with Gasteiger partial charge in [-0.05, 0) is 37.8 Å². The number of carbonyl (C=O) groups is 1. The number of nitrogens with one attached hydrogen (secondary N) is 1. The van der Waals surface area contributed by atoms with Crippen LogP contribution >= 0.6 is 0 Å². The normalized spacial score (nSPS) is 16.5. The number of rotatable bonds is 4. The molecular formula is C13H17N3O3. The van der Waals surface area contributed by atoms with E-state index < -0.39 is 10.8 Å². The minimum Gasteiger partial charge on any atom is -0.393 e. The van der Waals surface area contributed by atoms with Crippen molar-refractivity contribution in [3.8, 4) is 0 Å². The summed E-state index contributed by atoms with van der Waals surface area (Å²) < 4.78 is 0. The highest BCUT2D eigenvalue weighted by molar-refractivity contribution is 6.00. The lowest BCUT2D eigenvalue weighted by atomic mass is 9.74. The second-order valence-electron chi connectivity index (χ2n) is 4.94. The summed E-state index contributed by atoms with van der Waals surface area (Å²) in [6.07, 6.45) is 3.75. The van der Waals surface area contributed by atoms with E-state index in [-0.39, 0.29) is 22.5 Å². The van der Waals surface area contributed by atoms with Gasteiger partial charge in [-0.25, -0.2) is 0 Å². The van der Waals surface area contributed by atoms with Gasteiger partial charge < -0.3 is 11.1 Å². The first kappa shape index (κ1) is 13.3. The predicted octanol–water partition coefficient (Wildman–Crippen LogP) is 2.24. The Kier molecular flexibility index (Phi) is 3.42. The number of carbonyl (C=O) groups excluding carboxylic acids is 1. The summed E-state index contributed by atoms with van der Waals surface area (Å²) in [7, 11) is 0. The number of nitro groups is 1. The van der Waals surface area contributed by atoms with Crippen LogP contribution < -0.4 is 11.1 Å². The fourth-order valence-corrected chi connectivity index (χ4v) is 2.43. The number of nitrogen functional groups attached to an aromatic ring is 1. The fraction of sp³-hybridized carbons (Fsp3) is 0.462. The van der Waals surface area contributed by atoms with E-state index in [4.69, 9.17) is 5.73 Å². The first-order chi connectivity index (χ1) is 8.99. The summed E-state index contributed by atoms with van der Waals surface area (Å²) >= 11 is 0. The largest absolute Gasteiger partial charge is 0.393 e. The molecule has 1 fully saturated rings. The van der Waals surface area contributed by atoms with Gasteiger partial charge in [0.05, 0.1) is 4.92 Å². The molecule has 1 aliphatic carbocycles. The predicted molar refractivity (Wildman–Crippen MR) is 71.8 cm³/mol. The molecule has 1 aliphatic rings. The van der Waals surface area contributed by atoms with Crippen molar-refractivity contribution in [3.05, 3.63) is 33.9 Å². The van der Waals surface area contributed by atoms with Crippen LogP contribution in [0.2, 0.25) is 0 Å². The molecule has 0 aliphatic heterocycles. The molecule has 19 heavy (non-hydrogen) atoms. The van der Waals surface area contributed by atoms with Crippen LogP contribution in [-0.4, -0.2) is 16.4 Å². The third-order valence-corrected chi connectivity index (χ3v) is 3.86. The molecule has 0 heterocycles. The van der Waals surface area contributed by atoms with Crippen LogP contribution in [0.5, 0.6) is 0 Å². The molecule has 2 rings (SSSR count). The second-order valence-corrected chi connectivity index (χ2v) is 4.94. The van der Waals surface area contributed by atoms with E-state index in [0.29, 0.717) is 0 Å². The maximum absolute atomic E-state index is 12.2. The minimum atomic E-state index is -0.608. The van der Waals surface area contributed by atoms with Crippen molar-refractivity contribution in [2.75, 3.05) is 5.73 Å². The maximum Gasteiger partial charge on any atom is 0.304 e. The van der Waals surface area contributed by atoms with Gasteiger partial charge in [0, 0.05) is 5.54 Å². The van der Waals surface area contributed by atoms with Gasteiger partial charge in [-0.15, -0.1) is 0 Å². The first-order valence-electron chi connectivity index (χ1n) is 6.34. The molecule has 1 aromatic carbocycles. The lowest BCUT2D eigenvalue weighted by Crippen LogP contribution is -2.53.